The minimum Gasteiger partial charge on any atom is -0.354 e. The van der Waals surface area contributed by atoms with Crippen LogP contribution >= 0.6 is 0 Å². The predicted molar refractivity (Wildman–Crippen MR) is 33.9 cm³/mol. The Morgan fingerprint density at radius 2 is 2.10 bits per heavy atom. The van der Waals surface area contributed by atoms with Crippen molar-refractivity contribution in [2.24, 2.45) is 0 Å². The van der Waals surface area contributed by atoms with Crippen LogP contribution in [-0.4, -0.2) is 18.4 Å². The quantitative estimate of drug-likeness (QED) is 0.644. The summed E-state index contributed by atoms with van der Waals surface area (Å²) in [6, 6.07) is -0.433. The van der Waals surface area contributed by atoms with Gasteiger partial charge in [0.25, 0.3) is 0 Å². The lowest BCUT2D eigenvalue weighted by atomic mass is 10.2. The predicted octanol–water partition coefficient (Wildman–Crippen LogP) is 1.17. The molecule has 2 nitrogen and oxygen atoms in total. The Kier molecular flexibility index (Phi) is 3.91. The van der Waals surface area contributed by atoms with Crippen molar-refractivity contribution in [2.75, 3.05) is 0 Å². The van der Waals surface area contributed by atoms with Crippen LogP contribution in [0.5, 0.6) is 0 Å². The minimum atomic E-state index is -2.35. The molecule has 0 spiro atoms. The van der Waals surface area contributed by atoms with Gasteiger partial charge in [-0.15, -0.1) is 0 Å². The summed E-state index contributed by atoms with van der Waals surface area (Å²) < 4.78 is 23.2. The van der Waals surface area contributed by atoms with E-state index < -0.39 is 12.5 Å². The van der Waals surface area contributed by atoms with E-state index in [1.165, 1.54) is 6.92 Å². The first kappa shape index (κ1) is 9.33. The maximum Gasteiger partial charge on any atom is 0.240 e. The van der Waals surface area contributed by atoms with Crippen LogP contribution in [0.15, 0.2) is 0 Å². The van der Waals surface area contributed by atoms with Gasteiger partial charge in [-0.25, -0.2) is 8.78 Å². The number of amides is 1. The van der Waals surface area contributed by atoms with Crippen molar-refractivity contribution in [2.45, 2.75) is 32.7 Å². The highest BCUT2D eigenvalue weighted by atomic mass is 19.3. The van der Waals surface area contributed by atoms with Crippen molar-refractivity contribution in [3.8, 4) is 0 Å². The van der Waals surface area contributed by atoms with Crippen LogP contribution < -0.4 is 5.32 Å². The summed E-state index contributed by atoms with van der Waals surface area (Å²) >= 11 is 0. The van der Waals surface area contributed by atoms with Gasteiger partial charge in [-0.05, 0) is 6.92 Å². The average molecular weight is 151 g/mol. The van der Waals surface area contributed by atoms with Gasteiger partial charge in [0, 0.05) is 19.4 Å². The van der Waals surface area contributed by atoms with Crippen molar-refractivity contribution in [3.05, 3.63) is 0 Å². The smallest absolute Gasteiger partial charge is 0.240 e. The van der Waals surface area contributed by atoms with Crippen molar-refractivity contribution in [1.82, 2.24) is 5.32 Å². The highest BCUT2D eigenvalue weighted by Crippen LogP contribution is 2.02. The molecule has 0 aliphatic rings. The molecule has 0 aromatic heterocycles. The van der Waals surface area contributed by atoms with Gasteiger partial charge in [0.1, 0.15) is 0 Å². The molecule has 0 heterocycles. The molecule has 60 valence electrons. The summed E-state index contributed by atoms with van der Waals surface area (Å²) in [4.78, 5) is 10.3. The first-order chi connectivity index (χ1) is 4.52. The second-order valence-electron chi connectivity index (χ2n) is 2.23. The lowest BCUT2D eigenvalue weighted by molar-refractivity contribution is -0.119. The SMILES string of the molecule is CC(=O)NC(C)CC(F)F. The first-order valence-electron chi connectivity index (χ1n) is 3.07. The van der Waals surface area contributed by atoms with Gasteiger partial charge in [-0.1, -0.05) is 0 Å². The lowest BCUT2D eigenvalue weighted by Crippen LogP contribution is -2.31. The Balaban J connectivity index is 3.43. The maximum absolute atomic E-state index is 11.6. The summed E-state index contributed by atoms with van der Waals surface area (Å²) in [6.07, 6.45) is -2.62. The van der Waals surface area contributed by atoms with Crippen LogP contribution in [0.4, 0.5) is 8.78 Å². The molecule has 1 N–H and O–H groups in total. The van der Waals surface area contributed by atoms with E-state index in [1.54, 1.807) is 6.92 Å². The van der Waals surface area contributed by atoms with Crippen LogP contribution in [0, 0.1) is 0 Å². The molecule has 0 aliphatic carbocycles. The van der Waals surface area contributed by atoms with E-state index in [0.717, 1.165) is 0 Å². The molecule has 0 saturated heterocycles. The number of carbonyl (C=O) groups excluding carboxylic acids is 1. The number of carbonyl (C=O) groups is 1. The number of alkyl halides is 2. The Hall–Kier alpha value is -0.670. The zero-order chi connectivity index (χ0) is 8.15. The van der Waals surface area contributed by atoms with E-state index in [0.29, 0.717) is 0 Å². The van der Waals surface area contributed by atoms with Crippen LogP contribution in [-0.2, 0) is 4.79 Å². The monoisotopic (exact) mass is 151 g/mol. The molecule has 4 heteroatoms. The molecular formula is C6H11F2NO. The molecule has 10 heavy (non-hydrogen) atoms. The molecule has 1 unspecified atom stereocenters. The molecule has 0 rings (SSSR count). The van der Waals surface area contributed by atoms with Crippen molar-refractivity contribution >= 4 is 5.91 Å². The van der Waals surface area contributed by atoms with Crippen LogP contribution in [0.3, 0.4) is 0 Å². The second kappa shape index (κ2) is 4.19. The Morgan fingerprint density at radius 3 is 2.40 bits per heavy atom. The summed E-state index contributed by atoms with van der Waals surface area (Å²) in [5.74, 6) is -0.270. The molecular weight excluding hydrogens is 140 g/mol. The number of hydrogen-bond acceptors (Lipinski definition) is 1. The summed E-state index contributed by atoms with van der Waals surface area (Å²) in [7, 11) is 0. The van der Waals surface area contributed by atoms with Crippen molar-refractivity contribution in [3.63, 3.8) is 0 Å². The molecule has 0 fully saturated rings. The molecule has 0 aromatic rings. The van der Waals surface area contributed by atoms with Crippen LogP contribution in [0.1, 0.15) is 20.3 Å². The van der Waals surface area contributed by atoms with Crippen molar-refractivity contribution < 1.29 is 13.6 Å². The van der Waals surface area contributed by atoms with Gasteiger partial charge < -0.3 is 5.32 Å². The number of nitrogens with one attached hydrogen (secondary N) is 1. The van der Waals surface area contributed by atoms with E-state index in [-0.39, 0.29) is 12.3 Å². The Labute approximate surface area is 58.6 Å². The molecule has 0 saturated carbocycles. The van der Waals surface area contributed by atoms with Gasteiger partial charge in [0.15, 0.2) is 0 Å². The van der Waals surface area contributed by atoms with Gasteiger partial charge in [0.2, 0.25) is 12.3 Å². The average Bonchev–Trinajstić information content (AvgIpc) is 1.58. The topological polar surface area (TPSA) is 29.1 Å². The van der Waals surface area contributed by atoms with Gasteiger partial charge in [-0.2, -0.15) is 0 Å². The van der Waals surface area contributed by atoms with E-state index >= 15 is 0 Å². The fourth-order valence-electron chi connectivity index (χ4n) is 0.673. The van der Waals surface area contributed by atoms with Gasteiger partial charge in [0.05, 0.1) is 0 Å². The Morgan fingerprint density at radius 1 is 1.60 bits per heavy atom. The normalized spacial score (nSPS) is 13.3. The largest absolute Gasteiger partial charge is 0.354 e. The summed E-state index contributed by atoms with van der Waals surface area (Å²) in [5.41, 5.74) is 0. The highest BCUT2D eigenvalue weighted by molar-refractivity contribution is 5.73. The number of hydrogen-bond donors (Lipinski definition) is 1. The molecule has 1 amide bonds. The van der Waals surface area contributed by atoms with Gasteiger partial charge in [-0.3, -0.25) is 4.79 Å². The van der Waals surface area contributed by atoms with Crippen molar-refractivity contribution in [1.29, 1.82) is 0 Å². The fraction of sp³-hybridized carbons (Fsp3) is 0.833. The van der Waals surface area contributed by atoms with E-state index in [1.807, 2.05) is 0 Å². The summed E-state index contributed by atoms with van der Waals surface area (Å²) in [5, 5.41) is 2.36. The van der Waals surface area contributed by atoms with Crippen LogP contribution in [0.2, 0.25) is 0 Å². The number of rotatable bonds is 3. The second-order valence-corrected chi connectivity index (χ2v) is 2.23. The standard InChI is InChI=1S/C6H11F2NO/c1-4(3-6(7)8)9-5(2)10/h4,6H,3H2,1-2H3,(H,9,10). The minimum absolute atomic E-state index is 0.270. The third-order valence-corrected chi connectivity index (χ3v) is 0.981. The third-order valence-electron chi connectivity index (χ3n) is 0.981. The maximum atomic E-state index is 11.6. The lowest BCUT2D eigenvalue weighted by Gasteiger charge is -2.10. The van der Waals surface area contributed by atoms with E-state index in [4.69, 9.17) is 0 Å². The summed E-state index contributed by atoms with van der Waals surface area (Å²) in [6.45, 7) is 2.86. The Bertz CT molecular complexity index is 116. The molecule has 0 aromatic carbocycles. The zero-order valence-electron chi connectivity index (χ0n) is 6.03. The van der Waals surface area contributed by atoms with Crippen LogP contribution in [0.25, 0.3) is 0 Å². The van der Waals surface area contributed by atoms with E-state index in [2.05, 4.69) is 5.32 Å². The molecule has 0 aliphatic heterocycles. The van der Waals surface area contributed by atoms with E-state index in [9.17, 15) is 13.6 Å². The molecule has 0 radical (unpaired) electrons. The fourth-order valence-corrected chi connectivity index (χ4v) is 0.673. The van der Waals surface area contributed by atoms with Gasteiger partial charge >= 0.3 is 0 Å². The third kappa shape index (κ3) is 5.47. The highest BCUT2D eigenvalue weighted by Gasteiger charge is 2.09. The first-order valence-corrected chi connectivity index (χ1v) is 3.07. The molecule has 0 bridgehead atoms. The molecule has 1 atom stereocenters. The zero-order valence-corrected chi connectivity index (χ0v) is 6.03. The number of halogens is 2.